The van der Waals surface area contributed by atoms with E-state index in [-0.39, 0.29) is 29.3 Å². The Bertz CT molecular complexity index is 729. The number of carbonyl (C=O) groups excluding carboxylic acids is 3. The molecular formula is C16H17ClFN3O4. The van der Waals surface area contributed by atoms with Crippen LogP contribution in [0.2, 0.25) is 5.02 Å². The van der Waals surface area contributed by atoms with Crippen LogP contribution in [-0.4, -0.2) is 55.1 Å². The SMILES string of the molecule is COCC(=O)N[C@H]1CCN2C(=O)N(c3ccc(F)c(Cl)c3)C(=O)[C@@H]2C1. The molecule has 2 atom stereocenters. The molecule has 1 N–H and O–H groups in total. The lowest BCUT2D eigenvalue weighted by Gasteiger charge is -2.32. The van der Waals surface area contributed by atoms with Crippen LogP contribution in [0.3, 0.4) is 0 Å². The lowest BCUT2D eigenvalue weighted by Crippen LogP contribution is -2.50. The number of amides is 4. The minimum Gasteiger partial charge on any atom is -0.375 e. The summed E-state index contributed by atoms with van der Waals surface area (Å²) >= 11 is 5.75. The van der Waals surface area contributed by atoms with E-state index in [1.807, 2.05) is 0 Å². The summed E-state index contributed by atoms with van der Waals surface area (Å²) in [7, 11) is 1.42. The average Bonchev–Trinajstić information content (AvgIpc) is 2.81. The number of imide groups is 1. The Morgan fingerprint density at radius 1 is 1.44 bits per heavy atom. The first-order chi connectivity index (χ1) is 11.9. The van der Waals surface area contributed by atoms with Crippen LogP contribution < -0.4 is 10.2 Å². The normalized spacial score (nSPS) is 23.0. The van der Waals surface area contributed by atoms with Gasteiger partial charge in [-0.2, -0.15) is 0 Å². The summed E-state index contributed by atoms with van der Waals surface area (Å²) in [5, 5.41) is 2.64. The van der Waals surface area contributed by atoms with E-state index in [9.17, 15) is 18.8 Å². The smallest absolute Gasteiger partial charge is 0.332 e. The molecule has 7 nitrogen and oxygen atoms in total. The number of nitrogens with zero attached hydrogens (tertiary/aromatic N) is 2. The van der Waals surface area contributed by atoms with Gasteiger partial charge in [-0.1, -0.05) is 11.6 Å². The van der Waals surface area contributed by atoms with Crippen molar-refractivity contribution in [3.05, 3.63) is 29.0 Å². The molecule has 2 aliphatic heterocycles. The van der Waals surface area contributed by atoms with Crippen LogP contribution in [0.4, 0.5) is 14.9 Å². The number of piperidine rings is 1. The molecule has 25 heavy (non-hydrogen) atoms. The van der Waals surface area contributed by atoms with Gasteiger partial charge >= 0.3 is 6.03 Å². The number of hydrogen-bond donors (Lipinski definition) is 1. The van der Waals surface area contributed by atoms with Crippen LogP contribution >= 0.6 is 11.6 Å². The summed E-state index contributed by atoms with van der Waals surface area (Å²) in [4.78, 5) is 39.4. The maximum Gasteiger partial charge on any atom is 0.332 e. The molecule has 0 unspecified atom stereocenters. The molecule has 4 amide bonds. The van der Waals surface area contributed by atoms with Gasteiger partial charge in [0, 0.05) is 19.7 Å². The number of hydrogen-bond acceptors (Lipinski definition) is 4. The topological polar surface area (TPSA) is 79.0 Å². The number of ether oxygens (including phenoxy) is 1. The van der Waals surface area contributed by atoms with Crippen molar-refractivity contribution in [1.82, 2.24) is 10.2 Å². The highest BCUT2D eigenvalue weighted by atomic mass is 35.5. The lowest BCUT2D eigenvalue weighted by atomic mass is 9.98. The van der Waals surface area contributed by atoms with Crippen molar-refractivity contribution in [2.24, 2.45) is 0 Å². The highest BCUT2D eigenvalue weighted by Crippen LogP contribution is 2.32. The van der Waals surface area contributed by atoms with Crippen molar-refractivity contribution in [3.63, 3.8) is 0 Å². The summed E-state index contributed by atoms with van der Waals surface area (Å²) in [6, 6.07) is 2.38. The molecule has 134 valence electrons. The minimum absolute atomic E-state index is 0.0576. The second-order valence-electron chi connectivity index (χ2n) is 5.99. The monoisotopic (exact) mass is 369 g/mol. The summed E-state index contributed by atoms with van der Waals surface area (Å²) < 4.78 is 18.1. The van der Waals surface area contributed by atoms with Crippen LogP contribution in [-0.2, 0) is 14.3 Å². The maximum absolute atomic E-state index is 13.3. The zero-order chi connectivity index (χ0) is 18.1. The van der Waals surface area contributed by atoms with Crippen LogP contribution in [0.1, 0.15) is 12.8 Å². The first-order valence-corrected chi connectivity index (χ1v) is 8.18. The van der Waals surface area contributed by atoms with E-state index >= 15 is 0 Å². The molecule has 1 aromatic rings. The average molecular weight is 370 g/mol. The molecular weight excluding hydrogens is 353 g/mol. The van der Waals surface area contributed by atoms with Crippen molar-refractivity contribution in [2.45, 2.75) is 24.9 Å². The first kappa shape index (κ1) is 17.6. The first-order valence-electron chi connectivity index (χ1n) is 7.80. The second kappa shape index (κ2) is 6.97. The van der Waals surface area contributed by atoms with Crippen LogP contribution in [0.5, 0.6) is 0 Å². The predicted molar refractivity (Wildman–Crippen MR) is 87.8 cm³/mol. The molecule has 2 aliphatic rings. The van der Waals surface area contributed by atoms with E-state index in [0.717, 1.165) is 11.0 Å². The van der Waals surface area contributed by atoms with E-state index in [2.05, 4.69) is 5.32 Å². The fourth-order valence-corrected chi connectivity index (χ4v) is 3.37. The van der Waals surface area contributed by atoms with Gasteiger partial charge in [0.25, 0.3) is 5.91 Å². The van der Waals surface area contributed by atoms with E-state index in [0.29, 0.717) is 19.4 Å². The zero-order valence-electron chi connectivity index (χ0n) is 13.5. The van der Waals surface area contributed by atoms with Gasteiger partial charge in [-0.05, 0) is 31.0 Å². The number of fused-ring (bicyclic) bond motifs is 1. The number of nitrogens with one attached hydrogen (secondary N) is 1. The Labute approximate surface area is 148 Å². The van der Waals surface area contributed by atoms with Gasteiger partial charge in [0.15, 0.2) is 0 Å². The quantitative estimate of drug-likeness (QED) is 0.816. The third kappa shape index (κ3) is 3.32. The van der Waals surface area contributed by atoms with Crippen molar-refractivity contribution < 1.29 is 23.5 Å². The Hall–Kier alpha value is -2.19. The van der Waals surface area contributed by atoms with E-state index in [1.54, 1.807) is 0 Å². The fraction of sp³-hybridized carbons (Fsp3) is 0.438. The number of carbonyl (C=O) groups is 3. The van der Waals surface area contributed by atoms with E-state index in [1.165, 1.54) is 24.1 Å². The number of benzene rings is 1. The van der Waals surface area contributed by atoms with Crippen molar-refractivity contribution in [3.8, 4) is 0 Å². The third-order valence-corrected chi connectivity index (χ3v) is 4.64. The molecule has 2 fully saturated rings. The van der Waals surface area contributed by atoms with Gasteiger partial charge in [-0.25, -0.2) is 14.1 Å². The Morgan fingerprint density at radius 2 is 2.20 bits per heavy atom. The predicted octanol–water partition coefficient (Wildman–Crippen LogP) is 1.54. The zero-order valence-corrected chi connectivity index (χ0v) is 14.3. The summed E-state index contributed by atoms with van der Waals surface area (Å²) in [6.07, 6.45) is 0.869. The van der Waals surface area contributed by atoms with Crippen molar-refractivity contribution in [1.29, 1.82) is 0 Å². The number of rotatable bonds is 4. The van der Waals surface area contributed by atoms with Crippen molar-refractivity contribution in [2.75, 3.05) is 25.2 Å². The van der Waals surface area contributed by atoms with Gasteiger partial charge in [0.05, 0.1) is 10.7 Å². The molecule has 1 aromatic carbocycles. The highest BCUT2D eigenvalue weighted by molar-refractivity contribution is 6.31. The number of anilines is 1. The van der Waals surface area contributed by atoms with Gasteiger partial charge in [0.2, 0.25) is 5.91 Å². The van der Waals surface area contributed by atoms with E-state index < -0.39 is 23.8 Å². The third-order valence-electron chi connectivity index (χ3n) is 4.35. The fourth-order valence-electron chi connectivity index (χ4n) is 3.19. The lowest BCUT2D eigenvalue weighted by molar-refractivity contribution is -0.127. The standard InChI is InChI=1S/C16H17ClFN3O4/c1-25-8-14(22)19-9-4-5-20-13(6-9)15(23)21(16(20)24)10-2-3-12(18)11(17)7-10/h2-3,7,9,13H,4-6,8H2,1H3,(H,19,22)/t9-,13-/m0/s1. The molecule has 9 heteroatoms. The molecule has 0 bridgehead atoms. The molecule has 0 aliphatic carbocycles. The van der Waals surface area contributed by atoms with E-state index in [4.69, 9.17) is 16.3 Å². The number of urea groups is 1. The molecule has 0 radical (unpaired) electrons. The molecule has 2 heterocycles. The Kier molecular flexibility index (Phi) is 4.91. The summed E-state index contributed by atoms with van der Waals surface area (Å²) in [5.74, 6) is -1.29. The van der Waals surface area contributed by atoms with Crippen molar-refractivity contribution >= 4 is 35.1 Å². The highest BCUT2D eigenvalue weighted by Gasteiger charge is 2.48. The molecule has 0 aromatic heterocycles. The summed E-state index contributed by atoms with van der Waals surface area (Å²) in [6.45, 7) is 0.288. The molecule has 3 rings (SSSR count). The molecule has 0 spiro atoms. The summed E-state index contributed by atoms with van der Waals surface area (Å²) in [5.41, 5.74) is 0.232. The molecule has 0 saturated carbocycles. The van der Waals surface area contributed by atoms with Crippen LogP contribution in [0.15, 0.2) is 18.2 Å². The van der Waals surface area contributed by atoms with Gasteiger partial charge < -0.3 is 15.0 Å². The number of methoxy groups -OCH3 is 1. The van der Waals surface area contributed by atoms with Gasteiger partial charge in [-0.15, -0.1) is 0 Å². The van der Waals surface area contributed by atoms with Crippen LogP contribution in [0.25, 0.3) is 0 Å². The maximum atomic E-state index is 13.3. The Balaban J connectivity index is 1.76. The molecule has 2 saturated heterocycles. The van der Waals surface area contributed by atoms with Gasteiger partial charge in [-0.3, -0.25) is 9.59 Å². The van der Waals surface area contributed by atoms with Crippen LogP contribution in [0, 0.1) is 5.82 Å². The second-order valence-corrected chi connectivity index (χ2v) is 6.39. The van der Waals surface area contributed by atoms with Gasteiger partial charge in [0.1, 0.15) is 18.5 Å². The minimum atomic E-state index is -0.655. The Morgan fingerprint density at radius 3 is 2.88 bits per heavy atom. The largest absolute Gasteiger partial charge is 0.375 e. The number of halogens is 2.